The molecule has 4 nitrogen and oxygen atoms in total. The Hall–Kier alpha value is -1.75. The molecule has 0 aliphatic heterocycles. The summed E-state index contributed by atoms with van der Waals surface area (Å²) in [6, 6.07) is 5.66. The number of hydrogen-bond acceptors (Lipinski definition) is 4. The smallest absolute Gasteiger partial charge is 0.320 e. The van der Waals surface area contributed by atoms with Crippen LogP contribution in [0.3, 0.4) is 0 Å². The molecule has 5 heteroatoms. The lowest BCUT2D eigenvalue weighted by molar-refractivity contribution is -0.131. The molecule has 0 saturated heterocycles. The Bertz CT molecular complexity index is 570. The molecule has 0 heterocycles. The third-order valence-corrected chi connectivity index (χ3v) is 9.34. The van der Waals surface area contributed by atoms with Crippen molar-refractivity contribution in [2.45, 2.75) is 45.7 Å². The Morgan fingerprint density at radius 2 is 1.65 bits per heavy atom. The van der Waals surface area contributed by atoms with E-state index in [1.54, 1.807) is 21.1 Å². The minimum absolute atomic E-state index is 0.173. The SMILES string of the molecule is C=C(C)C(=O)O[Si](c1cc(OC)ccc1OC)(C(C)C)C(C)C. The summed E-state index contributed by atoms with van der Waals surface area (Å²) >= 11 is 0. The average Bonchev–Trinajstić information content (AvgIpc) is 2.50. The monoisotopic (exact) mass is 336 g/mol. The van der Waals surface area contributed by atoms with Crippen LogP contribution in [0.1, 0.15) is 34.6 Å². The van der Waals surface area contributed by atoms with Crippen molar-refractivity contribution in [3.63, 3.8) is 0 Å². The minimum atomic E-state index is -2.68. The summed E-state index contributed by atoms with van der Waals surface area (Å²) in [6.07, 6.45) is 0. The van der Waals surface area contributed by atoms with Gasteiger partial charge in [0.15, 0.2) is 0 Å². The molecular formula is C18H28O4Si. The number of methoxy groups -OCH3 is 2. The van der Waals surface area contributed by atoms with Crippen molar-refractivity contribution < 1.29 is 18.7 Å². The van der Waals surface area contributed by atoms with Crippen molar-refractivity contribution in [3.05, 3.63) is 30.4 Å². The Morgan fingerprint density at radius 1 is 1.09 bits per heavy atom. The first-order valence-electron chi connectivity index (χ1n) is 7.82. The van der Waals surface area contributed by atoms with Crippen molar-refractivity contribution in [1.29, 1.82) is 0 Å². The van der Waals surface area contributed by atoms with Gasteiger partial charge in [-0.05, 0) is 36.2 Å². The first-order chi connectivity index (χ1) is 10.7. The van der Waals surface area contributed by atoms with Crippen LogP contribution in [0, 0.1) is 0 Å². The lowest BCUT2D eigenvalue weighted by Gasteiger charge is -2.39. The van der Waals surface area contributed by atoms with Gasteiger partial charge in [0.25, 0.3) is 8.32 Å². The molecule has 23 heavy (non-hydrogen) atoms. The summed E-state index contributed by atoms with van der Waals surface area (Å²) in [6.45, 7) is 13.8. The zero-order chi connectivity index (χ0) is 17.8. The van der Waals surface area contributed by atoms with Crippen LogP contribution in [-0.2, 0) is 9.22 Å². The van der Waals surface area contributed by atoms with Crippen LogP contribution in [-0.4, -0.2) is 28.5 Å². The second-order valence-electron chi connectivity index (χ2n) is 6.34. The Balaban J connectivity index is 3.62. The zero-order valence-electron chi connectivity index (χ0n) is 15.2. The first kappa shape index (κ1) is 19.3. The number of carbonyl (C=O) groups is 1. The highest BCUT2D eigenvalue weighted by molar-refractivity contribution is 6.90. The van der Waals surface area contributed by atoms with Gasteiger partial charge in [0.2, 0.25) is 0 Å². The molecule has 0 N–H and O–H groups in total. The molecule has 0 bridgehead atoms. The van der Waals surface area contributed by atoms with Crippen molar-refractivity contribution in [2.24, 2.45) is 0 Å². The number of rotatable bonds is 7. The van der Waals surface area contributed by atoms with E-state index >= 15 is 0 Å². The Morgan fingerprint density at radius 3 is 2.04 bits per heavy atom. The number of ether oxygens (including phenoxy) is 2. The maximum atomic E-state index is 12.3. The highest BCUT2D eigenvalue weighted by atomic mass is 28.4. The van der Waals surface area contributed by atoms with Crippen LogP contribution in [0.4, 0.5) is 0 Å². The van der Waals surface area contributed by atoms with E-state index in [-0.39, 0.29) is 17.1 Å². The molecule has 0 saturated carbocycles. The second-order valence-corrected chi connectivity index (χ2v) is 11.0. The maximum Gasteiger partial charge on any atom is 0.320 e. The lowest BCUT2D eigenvalue weighted by atomic mass is 10.3. The van der Waals surface area contributed by atoms with Crippen LogP contribution >= 0.6 is 0 Å². The zero-order valence-corrected chi connectivity index (χ0v) is 16.2. The molecule has 0 radical (unpaired) electrons. The van der Waals surface area contributed by atoms with Gasteiger partial charge < -0.3 is 13.9 Å². The van der Waals surface area contributed by atoms with Crippen LogP contribution in [0.5, 0.6) is 11.5 Å². The third kappa shape index (κ3) is 3.78. The highest BCUT2D eigenvalue weighted by Crippen LogP contribution is 2.37. The summed E-state index contributed by atoms with van der Waals surface area (Å²) in [5.74, 6) is 1.11. The molecule has 1 aromatic carbocycles. The molecule has 0 unspecified atom stereocenters. The van der Waals surface area contributed by atoms with Gasteiger partial charge in [0.05, 0.1) is 14.2 Å². The summed E-state index contributed by atoms with van der Waals surface area (Å²) < 4.78 is 17.0. The van der Waals surface area contributed by atoms with Gasteiger partial charge in [0.1, 0.15) is 11.5 Å². The quantitative estimate of drug-likeness (QED) is 0.561. The van der Waals surface area contributed by atoms with Gasteiger partial charge in [-0.15, -0.1) is 0 Å². The largest absolute Gasteiger partial charge is 0.511 e. The first-order valence-corrected chi connectivity index (χ1v) is 9.88. The van der Waals surface area contributed by atoms with E-state index in [0.29, 0.717) is 5.57 Å². The summed E-state index contributed by atoms with van der Waals surface area (Å²) in [7, 11) is 0.574. The van der Waals surface area contributed by atoms with Crippen molar-refractivity contribution >= 4 is 19.5 Å². The maximum absolute atomic E-state index is 12.3. The van der Waals surface area contributed by atoms with E-state index in [9.17, 15) is 4.79 Å². The third-order valence-electron chi connectivity index (χ3n) is 4.15. The molecular weight excluding hydrogens is 308 g/mol. The average molecular weight is 337 g/mol. The minimum Gasteiger partial charge on any atom is -0.511 e. The number of hydrogen-bond donors (Lipinski definition) is 0. The molecule has 1 rings (SSSR count). The lowest BCUT2D eigenvalue weighted by Crippen LogP contribution is -2.57. The van der Waals surface area contributed by atoms with Gasteiger partial charge in [-0.3, -0.25) is 0 Å². The molecule has 0 fully saturated rings. The van der Waals surface area contributed by atoms with Gasteiger partial charge in [-0.25, -0.2) is 4.79 Å². The fraction of sp³-hybridized carbons (Fsp3) is 0.500. The van der Waals surface area contributed by atoms with Crippen LogP contribution in [0.2, 0.25) is 11.1 Å². The van der Waals surface area contributed by atoms with E-state index < -0.39 is 8.32 Å². The Kier molecular flexibility index (Phi) is 6.44. The van der Waals surface area contributed by atoms with E-state index in [0.717, 1.165) is 16.7 Å². The molecule has 0 amide bonds. The molecule has 0 aliphatic rings. The van der Waals surface area contributed by atoms with Crippen molar-refractivity contribution in [2.75, 3.05) is 14.2 Å². The van der Waals surface area contributed by atoms with E-state index in [1.807, 2.05) is 18.2 Å². The predicted octanol–water partition coefficient (Wildman–Crippen LogP) is 3.80. The topological polar surface area (TPSA) is 44.8 Å². The molecule has 128 valence electrons. The van der Waals surface area contributed by atoms with Gasteiger partial charge in [0, 0.05) is 10.8 Å². The standard InChI is InChI=1S/C18H28O4Si/c1-12(2)18(19)22-23(13(3)4,14(5)6)17-11-15(20-7)9-10-16(17)21-8/h9-11,13-14H,1H2,2-8H3. The molecule has 0 aliphatic carbocycles. The van der Waals surface area contributed by atoms with Gasteiger partial charge in [-0.1, -0.05) is 34.3 Å². The van der Waals surface area contributed by atoms with E-state index in [2.05, 4.69) is 34.3 Å². The van der Waals surface area contributed by atoms with Crippen LogP contribution in [0.15, 0.2) is 30.4 Å². The van der Waals surface area contributed by atoms with E-state index in [1.165, 1.54) is 0 Å². The Labute approximate surface area is 140 Å². The highest BCUT2D eigenvalue weighted by Gasteiger charge is 2.49. The van der Waals surface area contributed by atoms with Crippen molar-refractivity contribution in [3.8, 4) is 11.5 Å². The molecule has 1 aromatic rings. The summed E-state index contributed by atoms with van der Waals surface area (Å²) in [5, 5.41) is 0.943. The summed E-state index contributed by atoms with van der Waals surface area (Å²) in [5.41, 5.74) is 0.753. The molecule has 0 spiro atoms. The van der Waals surface area contributed by atoms with Gasteiger partial charge >= 0.3 is 5.97 Å². The van der Waals surface area contributed by atoms with E-state index in [4.69, 9.17) is 13.9 Å². The fourth-order valence-electron chi connectivity index (χ4n) is 2.94. The number of carbonyl (C=O) groups excluding carboxylic acids is 1. The van der Waals surface area contributed by atoms with Crippen molar-refractivity contribution in [1.82, 2.24) is 0 Å². The second kappa shape index (κ2) is 7.68. The fourth-order valence-corrected chi connectivity index (χ4v) is 7.52. The van der Waals surface area contributed by atoms with Gasteiger partial charge in [-0.2, -0.15) is 0 Å². The number of benzene rings is 1. The molecule has 0 aromatic heterocycles. The predicted molar refractivity (Wildman–Crippen MR) is 96.0 cm³/mol. The summed E-state index contributed by atoms with van der Waals surface area (Å²) in [4.78, 5) is 12.3. The van der Waals surface area contributed by atoms with Crippen LogP contribution in [0.25, 0.3) is 0 Å². The normalized spacial score (nSPS) is 11.5. The van der Waals surface area contributed by atoms with Crippen LogP contribution < -0.4 is 14.7 Å². The molecule has 0 atom stereocenters.